The van der Waals surface area contributed by atoms with Crippen LogP contribution in [0, 0.1) is 0 Å². The lowest BCUT2D eigenvalue weighted by Crippen LogP contribution is -2.31. The average molecular weight is 331 g/mol. The van der Waals surface area contributed by atoms with Crippen LogP contribution in [0.25, 0.3) is 0 Å². The summed E-state index contributed by atoms with van der Waals surface area (Å²) in [7, 11) is 0. The molecular formula is C22H21NO2. The first kappa shape index (κ1) is 15.7. The van der Waals surface area contributed by atoms with Crippen LogP contribution in [0.5, 0.6) is 11.5 Å². The van der Waals surface area contributed by atoms with Crippen molar-refractivity contribution in [3.63, 3.8) is 0 Å². The van der Waals surface area contributed by atoms with Gasteiger partial charge in [0.1, 0.15) is 24.8 Å². The van der Waals surface area contributed by atoms with Gasteiger partial charge in [0.15, 0.2) is 0 Å². The Bertz CT molecular complexity index is 818. The molecule has 0 fully saturated rings. The predicted molar refractivity (Wildman–Crippen MR) is 98.4 cm³/mol. The maximum absolute atomic E-state index is 5.94. The Morgan fingerprint density at radius 2 is 1.56 bits per heavy atom. The molecule has 0 unspecified atom stereocenters. The summed E-state index contributed by atoms with van der Waals surface area (Å²) in [6.07, 6.45) is 0. The van der Waals surface area contributed by atoms with Gasteiger partial charge in [-0.1, -0.05) is 60.7 Å². The van der Waals surface area contributed by atoms with Gasteiger partial charge in [0.05, 0.1) is 0 Å². The van der Waals surface area contributed by atoms with Crippen LogP contribution in [-0.4, -0.2) is 11.6 Å². The van der Waals surface area contributed by atoms with E-state index in [0.717, 1.165) is 24.6 Å². The summed E-state index contributed by atoms with van der Waals surface area (Å²) in [4.78, 5) is 2.29. The zero-order chi connectivity index (χ0) is 16.9. The van der Waals surface area contributed by atoms with Crippen LogP contribution in [0.2, 0.25) is 0 Å². The molecule has 0 saturated carbocycles. The second-order valence-corrected chi connectivity index (χ2v) is 6.29. The molecule has 1 heterocycles. The Hall–Kier alpha value is -2.78. The van der Waals surface area contributed by atoms with Gasteiger partial charge in [-0.15, -0.1) is 0 Å². The topological polar surface area (TPSA) is 21.7 Å². The summed E-state index contributed by atoms with van der Waals surface area (Å²) in [5.41, 5.74) is 3.64. The molecular weight excluding hydrogens is 310 g/mol. The van der Waals surface area contributed by atoms with E-state index < -0.39 is 0 Å². The molecule has 4 rings (SSSR count). The summed E-state index contributed by atoms with van der Waals surface area (Å²) in [5, 5.41) is 0. The first-order valence-corrected chi connectivity index (χ1v) is 8.55. The van der Waals surface area contributed by atoms with E-state index in [9.17, 15) is 0 Å². The summed E-state index contributed by atoms with van der Waals surface area (Å²) in [6.45, 7) is 2.95. The Balaban J connectivity index is 1.42. The normalized spacial score (nSPS) is 13.8. The fraction of sp³-hybridized carbons (Fsp3) is 0.182. The third-order valence-electron chi connectivity index (χ3n) is 4.33. The fourth-order valence-corrected chi connectivity index (χ4v) is 3.04. The number of fused-ring (bicyclic) bond motifs is 1. The van der Waals surface area contributed by atoms with Crippen LogP contribution in [0.15, 0.2) is 78.9 Å². The zero-order valence-electron chi connectivity index (χ0n) is 14.1. The van der Waals surface area contributed by atoms with Crippen LogP contribution >= 0.6 is 0 Å². The van der Waals surface area contributed by atoms with Crippen LogP contribution in [0.1, 0.15) is 16.7 Å². The van der Waals surface area contributed by atoms with Gasteiger partial charge in [-0.3, -0.25) is 4.90 Å². The van der Waals surface area contributed by atoms with Gasteiger partial charge in [-0.25, -0.2) is 0 Å². The Morgan fingerprint density at radius 3 is 2.32 bits per heavy atom. The van der Waals surface area contributed by atoms with Crippen LogP contribution in [-0.2, 0) is 19.7 Å². The average Bonchev–Trinajstić information content (AvgIpc) is 2.68. The molecule has 0 bridgehead atoms. The highest BCUT2D eigenvalue weighted by Gasteiger charge is 2.18. The molecule has 1 aliphatic heterocycles. The molecule has 3 heteroatoms. The van der Waals surface area contributed by atoms with Crippen molar-refractivity contribution in [2.45, 2.75) is 19.7 Å². The molecule has 0 aliphatic carbocycles. The van der Waals surface area contributed by atoms with E-state index in [4.69, 9.17) is 9.47 Å². The van der Waals surface area contributed by atoms with Gasteiger partial charge in [0.25, 0.3) is 0 Å². The van der Waals surface area contributed by atoms with Crippen LogP contribution in [0.4, 0.5) is 0 Å². The molecule has 0 amide bonds. The highest BCUT2D eigenvalue weighted by atomic mass is 16.5. The van der Waals surface area contributed by atoms with Crippen molar-refractivity contribution in [2.24, 2.45) is 0 Å². The van der Waals surface area contributed by atoms with E-state index in [1.54, 1.807) is 0 Å². The molecule has 3 nitrogen and oxygen atoms in total. The number of hydrogen-bond acceptors (Lipinski definition) is 3. The van der Waals surface area contributed by atoms with E-state index >= 15 is 0 Å². The number of rotatable bonds is 5. The van der Waals surface area contributed by atoms with Crippen molar-refractivity contribution in [3.05, 3.63) is 95.6 Å². The molecule has 3 aromatic carbocycles. The van der Waals surface area contributed by atoms with Crippen molar-refractivity contribution < 1.29 is 9.47 Å². The van der Waals surface area contributed by atoms with E-state index in [1.165, 1.54) is 16.7 Å². The maximum Gasteiger partial charge on any atom is 0.142 e. The minimum Gasteiger partial charge on any atom is -0.489 e. The monoisotopic (exact) mass is 331 g/mol. The third-order valence-corrected chi connectivity index (χ3v) is 4.33. The lowest BCUT2D eigenvalue weighted by Gasteiger charge is -2.29. The van der Waals surface area contributed by atoms with E-state index in [-0.39, 0.29) is 0 Å². The van der Waals surface area contributed by atoms with Crippen molar-refractivity contribution in [3.8, 4) is 11.5 Å². The van der Waals surface area contributed by atoms with Gasteiger partial charge < -0.3 is 9.47 Å². The second kappa shape index (κ2) is 7.41. The van der Waals surface area contributed by atoms with Crippen molar-refractivity contribution >= 4 is 0 Å². The van der Waals surface area contributed by atoms with Gasteiger partial charge >= 0.3 is 0 Å². The highest BCUT2D eigenvalue weighted by molar-refractivity contribution is 5.41. The number of ether oxygens (including phenoxy) is 2. The molecule has 0 atom stereocenters. The molecule has 0 radical (unpaired) electrons. The van der Waals surface area contributed by atoms with E-state index in [1.807, 2.05) is 36.4 Å². The van der Waals surface area contributed by atoms with Gasteiger partial charge in [0.2, 0.25) is 0 Å². The fourth-order valence-electron chi connectivity index (χ4n) is 3.04. The SMILES string of the molecule is c1ccc(COc2ccc3c(c2)CN(Cc2ccccc2)CO3)cc1. The smallest absolute Gasteiger partial charge is 0.142 e. The van der Waals surface area contributed by atoms with E-state index in [0.29, 0.717) is 13.3 Å². The third kappa shape index (κ3) is 4.01. The molecule has 3 aromatic rings. The lowest BCUT2D eigenvalue weighted by molar-refractivity contribution is 0.0884. The molecule has 1 aliphatic rings. The molecule has 25 heavy (non-hydrogen) atoms. The summed E-state index contributed by atoms with van der Waals surface area (Å²) in [6, 6.07) is 26.8. The molecule has 0 N–H and O–H groups in total. The van der Waals surface area contributed by atoms with E-state index in [2.05, 4.69) is 47.4 Å². The zero-order valence-corrected chi connectivity index (χ0v) is 14.1. The number of hydrogen-bond donors (Lipinski definition) is 0. The first-order chi connectivity index (χ1) is 12.4. The van der Waals surface area contributed by atoms with Crippen molar-refractivity contribution in [2.75, 3.05) is 6.73 Å². The minimum absolute atomic E-state index is 0.578. The quantitative estimate of drug-likeness (QED) is 0.681. The van der Waals surface area contributed by atoms with Gasteiger partial charge in [-0.2, -0.15) is 0 Å². The predicted octanol–water partition coefficient (Wildman–Crippen LogP) is 4.62. The second-order valence-electron chi connectivity index (χ2n) is 6.29. The molecule has 0 aromatic heterocycles. The minimum atomic E-state index is 0.578. The molecule has 0 saturated heterocycles. The lowest BCUT2D eigenvalue weighted by atomic mass is 10.1. The van der Waals surface area contributed by atoms with Crippen LogP contribution in [0.3, 0.4) is 0 Å². The Labute approximate surface area is 148 Å². The summed E-state index contributed by atoms with van der Waals surface area (Å²) in [5.74, 6) is 1.84. The van der Waals surface area contributed by atoms with Crippen LogP contribution < -0.4 is 9.47 Å². The standard InChI is InChI=1S/C22H21NO2/c1-3-7-18(8-4-1)14-23-15-20-13-21(11-12-22(20)25-17-23)24-16-19-9-5-2-6-10-19/h1-13H,14-17H2. The largest absolute Gasteiger partial charge is 0.489 e. The summed E-state index contributed by atoms with van der Waals surface area (Å²) >= 11 is 0. The van der Waals surface area contributed by atoms with Gasteiger partial charge in [0, 0.05) is 18.7 Å². The molecule has 126 valence electrons. The summed E-state index contributed by atoms with van der Waals surface area (Å²) < 4.78 is 11.8. The highest BCUT2D eigenvalue weighted by Crippen LogP contribution is 2.29. The van der Waals surface area contributed by atoms with Gasteiger partial charge in [-0.05, 0) is 29.3 Å². The molecule has 0 spiro atoms. The first-order valence-electron chi connectivity index (χ1n) is 8.55. The number of nitrogens with zero attached hydrogens (tertiary/aromatic N) is 1. The number of benzene rings is 3. The maximum atomic E-state index is 5.94. The van der Waals surface area contributed by atoms with Crippen molar-refractivity contribution in [1.29, 1.82) is 0 Å². The Morgan fingerprint density at radius 1 is 0.840 bits per heavy atom. The Kier molecular flexibility index (Phi) is 4.66. The van der Waals surface area contributed by atoms with Crippen molar-refractivity contribution in [1.82, 2.24) is 4.90 Å².